The van der Waals surface area contributed by atoms with Gasteiger partial charge >= 0.3 is 0 Å². The lowest BCUT2D eigenvalue weighted by Gasteiger charge is -2.31. The summed E-state index contributed by atoms with van der Waals surface area (Å²) in [6.45, 7) is 5.42. The molecule has 2 aliphatic heterocycles. The molecule has 2 fully saturated rings. The highest BCUT2D eigenvalue weighted by atomic mass is 31.2. The Bertz CT molecular complexity index is 946. The Morgan fingerprint density at radius 1 is 0.562 bits per heavy atom. The second-order valence-corrected chi connectivity index (χ2v) is 18.8. The van der Waals surface area contributed by atoms with Gasteiger partial charge in [0.15, 0.2) is 0 Å². The van der Waals surface area contributed by atoms with Crippen molar-refractivity contribution in [1.29, 1.82) is 0 Å². The zero-order valence-electron chi connectivity index (χ0n) is 19.8. The molecule has 2 heteroatoms. The molecule has 0 spiro atoms. The molecular weight excluding hydrogens is 422 g/mol. The largest absolute Gasteiger partial charge is 0.136 e. The first kappa shape index (κ1) is 22.3. The highest BCUT2D eigenvalue weighted by Gasteiger charge is 2.55. The van der Waals surface area contributed by atoms with Crippen LogP contribution in [0.4, 0.5) is 0 Å². The molecule has 2 unspecified atom stereocenters. The van der Waals surface area contributed by atoms with Crippen molar-refractivity contribution in [1.82, 2.24) is 0 Å². The lowest BCUT2D eigenvalue weighted by molar-refractivity contribution is 0.772. The summed E-state index contributed by atoms with van der Waals surface area (Å²) < 4.78 is 0. The molecule has 0 amide bonds. The Morgan fingerprint density at radius 3 is 1.34 bits per heavy atom. The molecule has 0 bridgehead atoms. The molecule has 166 valence electrons. The van der Waals surface area contributed by atoms with Gasteiger partial charge in [0, 0.05) is 12.8 Å². The average Bonchev–Trinajstić information content (AvgIpc) is 3.39. The summed E-state index contributed by atoms with van der Waals surface area (Å²) in [7, 11) is -2.32. The third-order valence-electron chi connectivity index (χ3n) is 8.54. The Morgan fingerprint density at radius 2 is 0.938 bits per heavy atom. The fourth-order valence-corrected chi connectivity index (χ4v) is 16.4. The number of benzene rings is 3. The zero-order chi connectivity index (χ0) is 22.0. The summed E-state index contributed by atoms with van der Waals surface area (Å²) in [5, 5.41) is 3.63. The van der Waals surface area contributed by atoms with Crippen LogP contribution in [0.1, 0.15) is 36.8 Å². The summed E-state index contributed by atoms with van der Waals surface area (Å²) in [5.41, 5.74) is 4.78. The molecule has 0 aliphatic carbocycles. The van der Waals surface area contributed by atoms with Gasteiger partial charge < -0.3 is 0 Å². The fraction of sp³-hybridized carbons (Fsp3) is 0.400. The Balaban J connectivity index is 1.49. The van der Waals surface area contributed by atoms with Crippen LogP contribution in [0.15, 0.2) is 84.9 Å². The molecule has 2 saturated heterocycles. The summed E-state index contributed by atoms with van der Waals surface area (Å²) in [5.74, 6) is 0. The number of hydrogen-bond acceptors (Lipinski definition) is 0. The van der Waals surface area contributed by atoms with Crippen molar-refractivity contribution >= 4 is 25.1 Å². The van der Waals surface area contributed by atoms with Gasteiger partial charge in [-0.1, -0.05) is 72.8 Å². The molecule has 3 aromatic rings. The van der Waals surface area contributed by atoms with Crippen LogP contribution in [0.5, 0.6) is 0 Å². The first-order valence-corrected chi connectivity index (χ1v) is 17.5. The van der Waals surface area contributed by atoms with E-state index >= 15 is 0 Å². The van der Waals surface area contributed by atoms with Gasteiger partial charge in [0.05, 0.1) is 51.5 Å². The minimum atomic E-state index is -1.16. The topological polar surface area (TPSA) is 0 Å². The van der Waals surface area contributed by atoms with Gasteiger partial charge in [-0.3, -0.25) is 0 Å². The van der Waals surface area contributed by atoms with Crippen molar-refractivity contribution in [2.75, 3.05) is 25.7 Å². The van der Waals surface area contributed by atoms with Crippen molar-refractivity contribution in [2.45, 2.75) is 49.8 Å². The average molecular weight is 461 g/mol. The van der Waals surface area contributed by atoms with Gasteiger partial charge in [0.1, 0.15) is 10.6 Å². The van der Waals surface area contributed by atoms with E-state index in [1.165, 1.54) is 62.0 Å². The van der Waals surface area contributed by atoms with E-state index in [0.717, 1.165) is 11.3 Å². The van der Waals surface area contributed by atoms with Crippen LogP contribution < -0.4 is 10.6 Å². The number of hydrogen-bond donors (Lipinski definition) is 0. The van der Waals surface area contributed by atoms with E-state index in [4.69, 9.17) is 0 Å². The monoisotopic (exact) mass is 460 g/mol. The van der Waals surface area contributed by atoms with Gasteiger partial charge in [0.2, 0.25) is 0 Å². The molecule has 2 aliphatic rings. The maximum atomic E-state index is 2.71. The van der Waals surface area contributed by atoms with E-state index in [1.807, 2.05) is 10.6 Å². The highest BCUT2D eigenvalue weighted by Crippen LogP contribution is 2.70. The molecule has 2 heterocycles. The van der Waals surface area contributed by atoms with E-state index in [9.17, 15) is 0 Å². The van der Waals surface area contributed by atoms with Crippen molar-refractivity contribution in [2.24, 2.45) is 0 Å². The zero-order valence-corrected chi connectivity index (χ0v) is 21.6. The Labute approximate surface area is 196 Å². The van der Waals surface area contributed by atoms with Crippen molar-refractivity contribution in [3.8, 4) is 0 Å². The van der Waals surface area contributed by atoms with E-state index in [-0.39, 0.29) is 0 Å². The molecule has 4 atom stereocenters. The molecule has 3 aromatic carbocycles. The molecular formula is C30H38P2+2. The van der Waals surface area contributed by atoms with Gasteiger partial charge in [-0.25, -0.2) is 0 Å². The van der Waals surface area contributed by atoms with Crippen LogP contribution in [0.3, 0.4) is 0 Å². The Hall–Kier alpha value is -1.48. The van der Waals surface area contributed by atoms with Crippen molar-refractivity contribution in [3.63, 3.8) is 0 Å². The molecule has 0 saturated carbocycles. The van der Waals surface area contributed by atoms with Crippen molar-refractivity contribution in [3.05, 3.63) is 96.1 Å². The maximum Gasteiger partial charge on any atom is 0.136 e. The van der Waals surface area contributed by atoms with E-state index in [2.05, 4.69) is 98.3 Å². The quantitative estimate of drug-likeness (QED) is 0.346. The van der Waals surface area contributed by atoms with Crippen LogP contribution in [0, 0.1) is 0 Å². The smallest absolute Gasteiger partial charge is 0.0622 e. The predicted octanol–water partition coefficient (Wildman–Crippen LogP) is 7.04. The maximum absolute atomic E-state index is 2.71. The normalized spacial score (nSPS) is 29.9. The minimum Gasteiger partial charge on any atom is -0.0622 e. The molecule has 0 nitrogen and oxygen atoms in total. The summed E-state index contributed by atoms with van der Waals surface area (Å²) in [6.07, 6.45) is 11.1. The predicted molar refractivity (Wildman–Crippen MR) is 147 cm³/mol. The first-order valence-electron chi connectivity index (χ1n) is 12.5. The minimum absolute atomic E-state index is 0.854. The lowest BCUT2D eigenvalue weighted by atomic mass is 10.1. The van der Waals surface area contributed by atoms with E-state index < -0.39 is 14.5 Å². The van der Waals surface area contributed by atoms with Crippen LogP contribution in [-0.4, -0.2) is 37.0 Å². The highest BCUT2D eigenvalue weighted by molar-refractivity contribution is 7.88. The van der Waals surface area contributed by atoms with Gasteiger partial charge in [-0.15, -0.1) is 0 Å². The SMILES string of the molecule is C[P+]1(c2ccccc2[P+]2(C)CCC[C@@H]2Cc2ccccc2)CCC[C@@H]1Cc1ccccc1. The van der Waals surface area contributed by atoms with Crippen molar-refractivity contribution < 1.29 is 0 Å². The van der Waals surface area contributed by atoms with Gasteiger partial charge in [-0.2, -0.15) is 0 Å². The third-order valence-corrected chi connectivity index (χ3v) is 18.3. The molecule has 0 radical (unpaired) electrons. The summed E-state index contributed by atoms with van der Waals surface area (Å²) in [6, 6.07) is 32.4. The van der Waals surface area contributed by atoms with Crippen LogP contribution in [0.2, 0.25) is 0 Å². The van der Waals surface area contributed by atoms with Crippen LogP contribution in [-0.2, 0) is 12.8 Å². The standard InChI is InChI=1S/C30H38P2/c1-31(21-11-17-27(31)23-25-13-5-3-6-14-25)29-19-9-10-20-30(29)32(2)22-12-18-28(32)24-26-15-7-4-8-16-26/h3-10,13-16,19-20,27-28H,11-12,17-18,21-24H2,1-2H3/q+2/t27-,28-,31?,32?/m1/s1. The molecule has 0 aromatic heterocycles. The molecule has 32 heavy (non-hydrogen) atoms. The first-order chi connectivity index (χ1) is 15.6. The van der Waals surface area contributed by atoms with E-state index in [1.54, 1.807) is 0 Å². The van der Waals surface area contributed by atoms with Crippen LogP contribution >= 0.6 is 14.5 Å². The van der Waals surface area contributed by atoms with Gasteiger partial charge in [-0.05, 0) is 48.9 Å². The van der Waals surface area contributed by atoms with Crippen LogP contribution in [0.25, 0.3) is 0 Å². The molecule has 5 rings (SSSR count). The summed E-state index contributed by atoms with van der Waals surface area (Å²) >= 11 is 0. The van der Waals surface area contributed by atoms with Gasteiger partial charge in [0.25, 0.3) is 0 Å². The molecule has 0 N–H and O–H groups in total. The lowest BCUT2D eigenvalue weighted by Crippen LogP contribution is -2.36. The second kappa shape index (κ2) is 9.41. The second-order valence-electron chi connectivity index (χ2n) is 10.4. The summed E-state index contributed by atoms with van der Waals surface area (Å²) in [4.78, 5) is 0. The number of rotatable bonds is 6. The fourth-order valence-electron chi connectivity index (χ4n) is 6.59. The third kappa shape index (κ3) is 4.22. The Kier molecular flexibility index (Phi) is 6.56. The van der Waals surface area contributed by atoms with E-state index in [0.29, 0.717) is 0 Å².